The van der Waals surface area contributed by atoms with Gasteiger partial charge in [-0.1, -0.05) is 6.08 Å². The average Bonchev–Trinajstić information content (AvgIpc) is 2.68. The lowest BCUT2D eigenvalue weighted by molar-refractivity contribution is 0.500. The minimum absolute atomic E-state index is 0.588. The summed E-state index contributed by atoms with van der Waals surface area (Å²) in [6.45, 7) is 6.91. The Morgan fingerprint density at radius 3 is 3.14 bits per heavy atom. The summed E-state index contributed by atoms with van der Waals surface area (Å²) >= 11 is 0. The third kappa shape index (κ3) is 4.28. The number of unbranched alkanes of at least 4 members (excludes halogenated alkanes) is 1. The first-order valence-corrected chi connectivity index (χ1v) is 5.29. The average molecular weight is 192 g/mol. The highest BCUT2D eigenvalue weighted by Gasteiger charge is 2.00. The Kier molecular flexibility index (Phi) is 5.08. The highest BCUT2D eigenvalue weighted by atomic mass is 14.9. The maximum atomic E-state index is 3.72. The second-order valence-electron chi connectivity index (χ2n) is 3.72. The van der Waals surface area contributed by atoms with Gasteiger partial charge in [0.15, 0.2) is 0 Å². The largest absolute Gasteiger partial charge is 0.367 e. The van der Waals surface area contributed by atoms with Crippen molar-refractivity contribution in [1.29, 1.82) is 0 Å². The lowest BCUT2D eigenvalue weighted by atomic mass is 10.1. The molecule has 0 aliphatic carbocycles. The molecule has 0 saturated carbocycles. The van der Waals surface area contributed by atoms with Crippen LogP contribution in [-0.2, 0) is 6.54 Å². The molecule has 14 heavy (non-hydrogen) atoms. The van der Waals surface area contributed by atoms with Crippen molar-refractivity contribution in [2.75, 3.05) is 0 Å². The summed E-state index contributed by atoms with van der Waals surface area (Å²) in [6.07, 6.45) is 9.54. The lowest BCUT2D eigenvalue weighted by Crippen LogP contribution is -2.25. The maximum Gasteiger partial charge on any atom is 0.0222 e. The molecule has 1 rings (SSSR count). The van der Waals surface area contributed by atoms with Crippen molar-refractivity contribution in [2.45, 2.75) is 38.8 Å². The summed E-state index contributed by atoms with van der Waals surface area (Å²) in [6, 6.07) is 2.69. The number of H-pyrrole nitrogens is 1. The van der Waals surface area contributed by atoms with Crippen molar-refractivity contribution in [3.8, 4) is 0 Å². The number of aromatic nitrogens is 1. The lowest BCUT2D eigenvalue weighted by Gasteiger charge is -2.12. The number of rotatable bonds is 7. The van der Waals surface area contributed by atoms with E-state index in [9.17, 15) is 0 Å². The predicted molar refractivity (Wildman–Crippen MR) is 61.1 cm³/mol. The molecule has 1 aromatic heterocycles. The Balaban J connectivity index is 2.08. The van der Waals surface area contributed by atoms with Gasteiger partial charge in [0.05, 0.1) is 0 Å². The first-order valence-electron chi connectivity index (χ1n) is 5.29. The van der Waals surface area contributed by atoms with E-state index in [2.05, 4.69) is 29.9 Å². The zero-order valence-electron chi connectivity index (χ0n) is 8.92. The van der Waals surface area contributed by atoms with E-state index in [1.807, 2.05) is 18.5 Å². The molecule has 0 bridgehead atoms. The van der Waals surface area contributed by atoms with E-state index in [1.165, 1.54) is 18.4 Å². The molecule has 1 heterocycles. The molecule has 0 radical (unpaired) electrons. The van der Waals surface area contributed by atoms with Gasteiger partial charge in [0, 0.05) is 25.0 Å². The van der Waals surface area contributed by atoms with Crippen molar-refractivity contribution in [1.82, 2.24) is 10.3 Å². The zero-order valence-corrected chi connectivity index (χ0v) is 8.92. The van der Waals surface area contributed by atoms with Gasteiger partial charge in [-0.05, 0) is 37.8 Å². The minimum Gasteiger partial charge on any atom is -0.367 e. The second kappa shape index (κ2) is 6.44. The summed E-state index contributed by atoms with van der Waals surface area (Å²) in [7, 11) is 0. The number of aromatic amines is 1. The van der Waals surface area contributed by atoms with Crippen LogP contribution in [0.1, 0.15) is 31.7 Å². The molecule has 1 atom stereocenters. The minimum atomic E-state index is 0.588. The molecule has 1 unspecified atom stereocenters. The summed E-state index contributed by atoms with van der Waals surface area (Å²) < 4.78 is 0. The van der Waals surface area contributed by atoms with E-state index >= 15 is 0 Å². The molecule has 2 nitrogen and oxygen atoms in total. The molecule has 1 aromatic rings. The van der Waals surface area contributed by atoms with Gasteiger partial charge >= 0.3 is 0 Å². The molecular formula is C12H20N2. The van der Waals surface area contributed by atoms with Gasteiger partial charge < -0.3 is 10.3 Å². The Morgan fingerprint density at radius 2 is 2.50 bits per heavy atom. The van der Waals surface area contributed by atoms with Crippen LogP contribution in [-0.4, -0.2) is 11.0 Å². The molecule has 0 aromatic carbocycles. The number of nitrogens with one attached hydrogen (secondary N) is 2. The fraction of sp³-hybridized carbons (Fsp3) is 0.500. The molecule has 0 saturated heterocycles. The third-order valence-electron chi connectivity index (χ3n) is 2.36. The Bertz CT molecular complexity index is 239. The smallest absolute Gasteiger partial charge is 0.0222 e. The van der Waals surface area contributed by atoms with Crippen LogP contribution >= 0.6 is 0 Å². The van der Waals surface area contributed by atoms with Gasteiger partial charge in [-0.2, -0.15) is 0 Å². The molecule has 0 amide bonds. The van der Waals surface area contributed by atoms with Crippen LogP contribution in [0.15, 0.2) is 31.1 Å². The monoisotopic (exact) mass is 192 g/mol. The Morgan fingerprint density at radius 1 is 1.64 bits per heavy atom. The summed E-state index contributed by atoms with van der Waals surface area (Å²) in [5.41, 5.74) is 1.32. The van der Waals surface area contributed by atoms with E-state index in [1.54, 1.807) is 0 Å². The maximum absolute atomic E-state index is 3.72. The molecule has 0 spiro atoms. The van der Waals surface area contributed by atoms with Gasteiger partial charge in [0.1, 0.15) is 0 Å². The van der Waals surface area contributed by atoms with E-state index in [4.69, 9.17) is 0 Å². The van der Waals surface area contributed by atoms with Gasteiger partial charge in [-0.25, -0.2) is 0 Å². The van der Waals surface area contributed by atoms with Crippen LogP contribution in [0.3, 0.4) is 0 Å². The highest BCUT2D eigenvalue weighted by Crippen LogP contribution is 2.02. The highest BCUT2D eigenvalue weighted by molar-refractivity contribution is 5.07. The first-order chi connectivity index (χ1) is 6.83. The van der Waals surface area contributed by atoms with Crippen molar-refractivity contribution < 1.29 is 0 Å². The van der Waals surface area contributed by atoms with Crippen molar-refractivity contribution >= 4 is 0 Å². The molecule has 2 heteroatoms. The normalized spacial score (nSPS) is 12.6. The van der Waals surface area contributed by atoms with E-state index < -0.39 is 0 Å². The molecule has 0 fully saturated rings. The fourth-order valence-corrected chi connectivity index (χ4v) is 1.43. The summed E-state index contributed by atoms with van der Waals surface area (Å²) in [4.78, 5) is 3.05. The van der Waals surface area contributed by atoms with Gasteiger partial charge in [-0.15, -0.1) is 6.58 Å². The molecule has 0 aliphatic rings. The van der Waals surface area contributed by atoms with E-state index in [0.717, 1.165) is 13.0 Å². The fourth-order valence-electron chi connectivity index (χ4n) is 1.43. The van der Waals surface area contributed by atoms with Crippen LogP contribution in [0.4, 0.5) is 0 Å². The summed E-state index contributed by atoms with van der Waals surface area (Å²) in [5.74, 6) is 0. The van der Waals surface area contributed by atoms with Crippen molar-refractivity contribution in [3.63, 3.8) is 0 Å². The molecular weight excluding hydrogens is 172 g/mol. The quantitative estimate of drug-likeness (QED) is 0.504. The molecule has 78 valence electrons. The first kappa shape index (κ1) is 11.1. The number of allylic oxidation sites excluding steroid dienone is 1. The SMILES string of the molecule is C=CCCCC(C)NCc1cc[nH]c1. The third-order valence-corrected chi connectivity index (χ3v) is 2.36. The predicted octanol–water partition coefficient (Wildman–Crippen LogP) is 2.85. The van der Waals surface area contributed by atoms with Crippen LogP contribution in [0.25, 0.3) is 0 Å². The molecule has 0 aliphatic heterocycles. The van der Waals surface area contributed by atoms with Gasteiger partial charge in [0.2, 0.25) is 0 Å². The summed E-state index contributed by atoms with van der Waals surface area (Å²) in [5, 5.41) is 3.49. The van der Waals surface area contributed by atoms with Crippen LogP contribution in [0.5, 0.6) is 0 Å². The van der Waals surface area contributed by atoms with Crippen LogP contribution < -0.4 is 5.32 Å². The standard InChI is InChI=1S/C12H20N2/c1-3-4-5-6-11(2)14-10-12-7-8-13-9-12/h3,7-9,11,13-14H,1,4-6,10H2,2H3. The molecule has 2 N–H and O–H groups in total. The van der Waals surface area contributed by atoms with Crippen LogP contribution in [0, 0.1) is 0 Å². The number of hydrogen-bond donors (Lipinski definition) is 2. The Hall–Kier alpha value is -1.02. The van der Waals surface area contributed by atoms with Crippen LogP contribution in [0.2, 0.25) is 0 Å². The second-order valence-corrected chi connectivity index (χ2v) is 3.72. The number of hydrogen-bond acceptors (Lipinski definition) is 1. The topological polar surface area (TPSA) is 27.8 Å². The van der Waals surface area contributed by atoms with E-state index in [0.29, 0.717) is 6.04 Å². The zero-order chi connectivity index (χ0) is 10.2. The Labute approximate surface area is 86.4 Å². The van der Waals surface area contributed by atoms with Gasteiger partial charge in [-0.3, -0.25) is 0 Å². The van der Waals surface area contributed by atoms with Gasteiger partial charge in [0.25, 0.3) is 0 Å². The van der Waals surface area contributed by atoms with Crippen molar-refractivity contribution in [2.24, 2.45) is 0 Å². The van der Waals surface area contributed by atoms with Crippen molar-refractivity contribution in [3.05, 3.63) is 36.7 Å². The van der Waals surface area contributed by atoms with E-state index in [-0.39, 0.29) is 0 Å².